The number of carbonyl (C=O) groups excluding carboxylic acids is 2. The summed E-state index contributed by atoms with van der Waals surface area (Å²) in [6.45, 7) is 6.80. The van der Waals surface area contributed by atoms with Gasteiger partial charge >= 0.3 is 0 Å². The van der Waals surface area contributed by atoms with Gasteiger partial charge in [0.2, 0.25) is 11.8 Å². The van der Waals surface area contributed by atoms with E-state index in [1.165, 1.54) is 7.11 Å². The van der Waals surface area contributed by atoms with Gasteiger partial charge in [-0.05, 0) is 19.9 Å². The molecule has 0 aromatic heterocycles. The zero-order chi connectivity index (χ0) is 16.9. The van der Waals surface area contributed by atoms with Crippen molar-refractivity contribution in [2.75, 3.05) is 66.6 Å². The standard InChI is InChI=1S/C16H32N4O3/c1-19-10-12-20(13-11-19)9-8-18-15(21)6-4-3-5-7-17-16(22)14-23-2/h3-14H2,1-2H3,(H,17,22)(H,18,21). The van der Waals surface area contributed by atoms with Gasteiger partial charge < -0.3 is 20.3 Å². The molecule has 2 amide bonds. The van der Waals surface area contributed by atoms with Gasteiger partial charge in [-0.25, -0.2) is 0 Å². The number of hydrogen-bond donors (Lipinski definition) is 2. The summed E-state index contributed by atoms with van der Waals surface area (Å²) in [5.74, 6) is 0.0386. The SMILES string of the molecule is COCC(=O)NCCCCCC(=O)NCCN1CCN(C)CC1. The van der Waals surface area contributed by atoms with Crippen molar-refractivity contribution >= 4 is 11.8 Å². The molecule has 7 nitrogen and oxygen atoms in total. The molecule has 0 saturated carbocycles. The first-order valence-electron chi connectivity index (χ1n) is 8.55. The van der Waals surface area contributed by atoms with Crippen molar-refractivity contribution in [3.8, 4) is 0 Å². The zero-order valence-electron chi connectivity index (χ0n) is 14.6. The first kappa shape index (κ1) is 19.9. The van der Waals surface area contributed by atoms with Crippen molar-refractivity contribution in [1.29, 1.82) is 0 Å². The van der Waals surface area contributed by atoms with Crippen LogP contribution in [0.15, 0.2) is 0 Å². The first-order valence-corrected chi connectivity index (χ1v) is 8.55. The van der Waals surface area contributed by atoms with E-state index in [1.54, 1.807) is 0 Å². The summed E-state index contributed by atoms with van der Waals surface area (Å²) in [4.78, 5) is 27.6. The summed E-state index contributed by atoms with van der Waals surface area (Å²) in [5.41, 5.74) is 0. The molecule has 0 unspecified atom stereocenters. The maximum absolute atomic E-state index is 11.7. The average molecular weight is 328 g/mol. The number of rotatable bonds is 11. The summed E-state index contributed by atoms with van der Waals surface area (Å²) in [6, 6.07) is 0. The fourth-order valence-electron chi connectivity index (χ4n) is 2.51. The molecule has 1 saturated heterocycles. The number of likely N-dealkylation sites (N-methyl/N-ethyl adjacent to an activating group) is 1. The number of unbranched alkanes of at least 4 members (excludes halogenated alkanes) is 2. The number of hydrogen-bond acceptors (Lipinski definition) is 5. The fraction of sp³-hybridized carbons (Fsp3) is 0.875. The highest BCUT2D eigenvalue weighted by Crippen LogP contribution is 2.00. The quantitative estimate of drug-likeness (QED) is 0.508. The summed E-state index contributed by atoms with van der Waals surface area (Å²) in [7, 11) is 3.64. The van der Waals surface area contributed by atoms with Crippen molar-refractivity contribution < 1.29 is 14.3 Å². The van der Waals surface area contributed by atoms with E-state index in [2.05, 4.69) is 27.5 Å². The summed E-state index contributed by atoms with van der Waals surface area (Å²) in [5, 5.41) is 5.76. The molecular formula is C16H32N4O3. The molecule has 0 aliphatic carbocycles. The van der Waals surface area contributed by atoms with E-state index in [4.69, 9.17) is 4.74 Å². The molecule has 23 heavy (non-hydrogen) atoms. The number of carbonyl (C=O) groups is 2. The van der Waals surface area contributed by atoms with Gasteiger partial charge in [0.25, 0.3) is 0 Å². The Balaban J connectivity index is 1.89. The Kier molecular flexibility index (Phi) is 10.6. The van der Waals surface area contributed by atoms with Crippen LogP contribution >= 0.6 is 0 Å². The molecule has 134 valence electrons. The lowest BCUT2D eigenvalue weighted by molar-refractivity contribution is -0.125. The normalized spacial score (nSPS) is 16.3. The molecule has 0 bridgehead atoms. The van der Waals surface area contributed by atoms with Gasteiger partial charge in [-0.2, -0.15) is 0 Å². The second-order valence-electron chi connectivity index (χ2n) is 6.09. The number of methoxy groups -OCH3 is 1. The van der Waals surface area contributed by atoms with Crippen molar-refractivity contribution in [2.24, 2.45) is 0 Å². The largest absolute Gasteiger partial charge is 0.375 e. The number of ether oxygens (including phenoxy) is 1. The molecule has 0 radical (unpaired) electrons. The molecule has 1 fully saturated rings. The van der Waals surface area contributed by atoms with E-state index in [9.17, 15) is 9.59 Å². The number of amides is 2. The van der Waals surface area contributed by atoms with Crippen molar-refractivity contribution in [2.45, 2.75) is 25.7 Å². The third kappa shape index (κ3) is 10.3. The van der Waals surface area contributed by atoms with Crippen LogP contribution in [-0.4, -0.2) is 88.2 Å². The Hall–Kier alpha value is -1.18. The minimum absolute atomic E-state index is 0.0888. The Bertz CT molecular complexity index is 344. The van der Waals surface area contributed by atoms with Crippen LogP contribution in [0.4, 0.5) is 0 Å². The molecule has 1 rings (SSSR count). The van der Waals surface area contributed by atoms with Gasteiger partial charge in [-0.1, -0.05) is 6.42 Å². The third-order valence-corrected chi connectivity index (χ3v) is 4.02. The van der Waals surface area contributed by atoms with Crippen LogP contribution in [0.25, 0.3) is 0 Å². The Morgan fingerprint density at radius 2 is 1.65 bits per heavy atom. The molecule has 7 heteroatoms. The van der Waals surface area contributed by atoms with Crippen LogP contribution in [0.1, 0.15) is 25.7 Å². The van der Waals surface area contributed by atoms with Crippen molar-refractivity contribution in [3.05, 3.63) is 0 Å². The Morgan fingerprint density at radius 1 is 0.957 bits per heavy atom. The number of nitrogens with zero attached hydrogens (tertiary/aromatic N) is 2. The van der Waals surface area contributed by atoms with Gasteiger partial charge in [-0.3, -0.25) is 14.5 Å². The van der Waals surface area contributed by atoms with E-state index in [0.717, 1.165) is 58.5 Å². The Morgan fingerprint density at radius 3 is 2.35 bits per heavy atom. The van der Waals surface area contributed by atoms with Crippen LogP contribution in [0, 0.1) is 0 Å². The van der Waals surface area contributed by atoms with Gasteiger partial charge in [0.05, 0.1) is 0 Å². The summed E-state index contributed by atoms with van der Waals surface area (Å²) in [6.07, 6.45) is 3.26. The predicted molar refractivity (Wildman–Crippen MR) is 90.3 cm³/mol. The number of nitrogens with one attached hydrogen (secondary N) is 2. The maximum Gasteiger partial charge on any atom is 0.245 e. The van der Waals surface area contributed by atoms with Gasteiger partial charge in [-0.15, -0.1) is 0 Å². The predicted octanol–water partition coefficient (Wildman–Crippen LogP) is -0.327. The van der Waals surface area contributed by atoms with E-state index in [0.29, 0.717) is 13.0 Å². The van der Waals surface area contributed by atoms with Crippen LogP contribution in [0.5, 0.6) is 0 Å². The molecular weight excluding hydrogens is 296 g/mol. The van der Waals surface area contributed by atoms with Gasteiger partial charge in [0.1, 0.15) is 6.61 Å². The highest BCUT2D eigenvalue weighted by Gasteiger charge is 2.13. The van der Waals surface area contributed by atoms with E-state index in [-0.39, 0.29) is 18.4 Å². The maximum atomic E-state index is 11.7. The molecule has 0 spiro atoms. The molecule has 1 aliphatic rings. The average Bonchev–Trinajstić information content (AvgIpc) is 2.53. The third-order valence-electron chi connectivity index (χ3n) is 4.02. The molecule has 0 aromatic rings. The fourth-order valence-corrected chi connectivity index (χ4v) is 2.51. The second kappa shape index (κ2) is 12.3. The molecule has 2 N–H and O–H groups in total. The zero-order valence-corrected chi connectivity index (χ0v) is 14.6. The van der Waals surface area contributed by atoms with Gasteiger partial charge in [0.15, 0.2) is 0 Å². The van der Waals surface area contributed by atoms with Crippen LogP contribution in [-0.2, 0) is 14.3 Å². The number of piperazine rings is 1. The minimum Gasteiger partial charge on any atom is -0.375 e. The van der Waals surface area contributed by atoms with E-state index < -0.39 is 0 Å². The van der Waals surface area contributed by atoms with Crippen molar-refractivity contribution in [3.63, 3.8) is 0 Å². The smallest absolute Gasteiger partial charge is 0.245 e. The van der Waals surface area contributed by atoms with Crippen LogP contribution in [0.2, 0.25) is 0 Å². The van der Waals surface area contributed by atoms with E-state index >= 15 is 0 Å². The molecule has 0 atom stereocenters. The van der Waals surface area contributed by atoms with Crippen LogP contribution < -0.4 is 10.6 Å². The lowest BCUT2D eigenvalue weighted by atomic mass is 10.2. The molecule has 1 heterocycles. The Labute approximate surface area is 139 Å². The summed E-state index contributed by atoms with van der Waals surface area (Å²) < 4.78 is 4.73. The highest BCUT2D eigenvalue weighted by molar-refractivity contribution is 5.77. The topological polar surface area (TPSA) is 73.9 Å². The monoisotopic (exact) mass is 328 g/mol. The first-order chi connectivity index (χ1) is 11.1. The second-order valence-corrected chi connectivity index (χ2v) is 6.09. The van der Waals surface area contributed by atoms with Gasteiger partial charge in [0, 0.05) is 59.3 Å². The minimum atomic E-state index is -0.0888. The summed E-state index contributed by atoms with van der Waals surface area (Å²) >= 11 is 0. The molecule has 0 aromatic carbocycles. The van der Waals surface area contributed by atoms with E-state index in [1.807, 2.05) is 0 Å². The lowest BCUT2D eigenvalue weighted by Crippen LogP contribution is -2.46. The van der Waals surface area contributed by atoms with Crippen LogP contribution in [0.3, 0.4) is 0 Å². The highest BCUT2D eigenvalue weighted by atomic mass is 16.5. The molecule has 1 aliphatic heterocycles. The van der Waals surface area contributed by atoms with Crippen molar-refractivity contribution in [1.82, 2.24) is 20.4 Å². The lowest BCUT2D eigenvalue weighted by Gasteiger charge is -2.32.